The Morgan fingerprint density at radius 1 is 1.26 bits per heavy atom. The predicted octanol–water partition coefficient (Wildman–Crippen LogP) is 3.02. The van der Waals surface area contributed by atoms with Crippen LogP contribution in [-0.2, 0) is 0 Å². The number of fused-ring (bicyclic) bond motifs is 1. The number of nitriles is 1. The monoisotopic (exact) mass is 272 g/mol. The van der Waals surface area contributed by atoms with E-state index >= 15 is 0 Å². The minimum absolute atomic E-state index is 0.184. The van der Waals surface area contributed by atoms with E-state index in [1.165, 1.54) is 0 Å². The maximum absolute atomic E-state index is 8.91. The molecule has 3 rings (SSSR count). The number of rotatable bonds is 1. The summed E-state index contributed by atoms with van der Waals surface area (Å²) in [5, 5.41) is 9.58. The highest BCUT2D eigenvalue weighted by atomic mass is 35.5. The number of benzene rings is 1. The van der Waals surface area contributed by atoms with Crippen LogP contribution in [0, 0.1) is 17.2 Å². The lowest BCUT2D eigenvalue weighted by Crippen LogP contribution is -2.33. The molecule has 1 aromatic heterocycles. The molecule has 0 spiro atoms. The Morgan fingerprint density at radius 2 is 2.05 bits per heavy atom. The molecule has 19 heavy (non-hydrogen) atoms. The second-order valence-electron chi connectivity index (χ2n) is 4.75. The van der Waals surface area contributed by atoms with Crippen molar-refractivity contribution < 1.29 is 0 Å². The largest absolute Gasteiger partial charge is 0.355 e. The zero-order chi connectivity index (χ0) is 13.2. The molecule has 0 aliphatic carbocycles. The summed E-state index contributed by atoms with van der Waals surface area (Å²) in [7, 11) is 0. The first-order valence-corrected chi connectivity index (χ1v) is 6.71. The summed E-state index contributed by atoms with van der Waals surface area (Å²) in [5.41, 5.74) is 1.66. The van der Waals surface area contributed by atoms with Crippen molar-refractivity contribution in [3.8, 4) is 6.07 Å². The lowest BCUT2D eigenvalue weighted by Gasteiger charge is -2.29. The third kappa shape index (κ3) is 2.47. The molecular weight excluding hydrogens is 260 g/mol. The van der Waals surface area contributed by atoms with Crippen molar-refractivity contribution in [3.63, 3.8) is 0 Å². The van der Waals surface area contributed by atoms with Gasteiger partial charge in [-0.3, -0.25) is 4.98 Å². The van der Waals surface area contributed by atoms with Crippen molar-refractivity contribution in [1.29, 1.82) is 5.26 Å². The minimum Gasteiger partial charge on any atom is -0.355 e. The van der Waals surface area contributed by atoms with E-state index in [9.17, 15) is 0 Å². The third-order valence-electron chi connectivity index (χ3n) is 3.49. The molecule has 1 aliphatic rings. The summed E-state index contributed by atoms with van der Waals surface area (Å²) in [5.74, 6) is 1.06. The topological polar surface area (TPSA) is 52.8 Å². The molecule has 0 unspecified atom stereocenters. The fraction of sp³-hybridized carbons (Fsp3) is 0.357. The number of anilines is 1. The number of hydrogen-bond donors (Lipinski definition) is 0. The molecule has 0 atom stereocenters. The summed E-state index contributed by atoms with van der Waals surface area (Å²) >= 11 is 5.93. The van der Waals surface area contributed by atoms with E-state index in [0.717, 1.165) is 42.8 Å². The van der Waals surface area contributed by atoms with Crippen molar-refractivity contribution in [2.24, 2.45) is 5.92 Å². The molecular formula is C14H13ClN4. The molecule has 0 radical (unpaired) electrons. The molecule has 0 saturated carbocycles. The summed E-state index contributed by atoms with van der Waals surface area (Å²) in [6.07, 6.45) is 3.58. The average molecular weight is 273 g/mol. The van der Waals surface area contributed by atoms with Crippen LogP contribution in [0.3, 0.4) is 0 Å². The van der Waals surface area contributed by atoms with Gasteiger partial charge in [0.1, 0.15) is 5.82 Å². The van der Waals surface area contributed by atoms with Gasteiger partial charge in [0.05, 0.1) is 23.3 Å². The number of hydrogen-bond acceptors (Lipinski definition) is 4. The maximum Gasteiger partial charge on any atom is 0.147 e. The minimum atomic E-state index is 0.184. The highest BCUT2D eigenvalue weighted by Crippen LogP contribution is 2.23. The summed E-state index contributed by atoms with van der Waals surface area (Å²) in [4.78, 5) is 11.2. The summed E-state index contributed by atoms with van der Waals surface area (Å²) in [6, 6.07) is 7.86. The molecule has 1 aliphatic heterocycles. The van der Waals surface area contributed by atoms with E-state index in [4.69, 9.17) is 16.9 Å². The first-order valence-electron chi connectivity index (χ1n) is 6.33. The van der Waals surface area contributed by atoms with Crippen LogP contribution in [0.2, 0.25) is 5.02 Å². The van der Waals surface area contributed by atoms with E-state index in [0.29, 0.717) is 5.02 Å². The standard InChI is InChI=1S/C14H13ClN4/c15-11-1-2-12-13(7-11)17-9-14(18-12)19-5-3-10(8-16)4-6-19/h1-2,7,9-10H,3-6H2. The van der Waals surface area contributed by atoms with Crippen molar-refractivity contribution in [3.05, 3.63) is 29.4 Å². The third-order valence-corrected chi connectivity index (χ3v) is 3.73. The fourth-order valence-corrected chi connectivity index (χ4v) is 2.53. The Balaban J connectivity index is 1.86. The maximum atomic E-state index is 8.91. The highest BCUT2D eigenvalue weighted by Gasteiger charge is 2.20. The first-order chi connectivity index (χ1) is 9.26. The van der Waals surface area contributed by atoms with Crippen molar-refractivity contribution in [2.45, 2.75) is 12.8 Å². The first kappa shape index (κ1) is 12.2. The Morgan fingerprint density at radius 3 is 2.79 bits per heavy atom. The van der Waals surface area contributed by atoms with E-state index in [2.05, 4.69) is 20.9 Å². The molecule has 5 heteroatoms. The van der Waals surface area contributed by atoms with Gasteiger partial charge in [0, 0.05) is 24.0 Å². The summed E-state index contributed by atoms with van der Waals surface area (Å²) < 4.78 is 0. The van der Waals surface area contributed by atoms with Gasteiger partial charge in [-0.1, -0.05) is 11.6 Å². The van der Waals surface area contributed by atoms with E-state index in [1.807, 2.05) is 18.2 Å². The van der Waals surface area contributed by atoms with E-state index in [1.54, 1.807) is 6.20 Å². The van der Waals surface area contributed by atoms with Gasteiger partial charge in [-0.2, -0.15) is 5.26 Å². The molecule has 0 bridgehead atoms. The van der Waals surface area contributed by atoms with Crippen LogP contribution in [0.4, 0.5) is 5.82 Å². The molecule has 2 aromatic rings. The normalized spacial score (nSPS) is 16.5. The molecule has 1 aromatic carbocycles. The zero-order valence-electron chi connectivity index (χ0n) is 10.4. The van der Waals surface area contributed by atoms with Gasteiger partial charge >= 0.3 is 0 Å². The molecule has 0 N–H and O–H groups in total. The van der Waals surface area contributed by atoms with Gasteiger partial charge in [0.2, 0.25) is 0 Å². The van der Waals surface area contributed by atoms with Crippen LogP contribution in [0.1, 0.15) is 12.8 Å². The van der Waals surface area contributed by atoms with Crippen LogP contribution in [-0.4, -0.2) is 23.1 Å². The molecule has 1 fully saturated rings. The molecule has 0 amide bonds. The smallest absolute Gasteiger partial charge is 0.147 e. The Labute approximate surface area is 116 Å². The van der Waals surface area contributed by atoms with Gasteiger partial charge in [-0.25, -0.2) is 4.98 Å². The van der Waals surface area contributed by atoms with Crippen LogP contribution >= 0.6 is 11.6 Å². The van der Waals surface area contributed by atoms with Crippen LogP contribution < -0.4 is 4.90 Å². The second-order valence-corrected chi connectivity index (χ2v) is 5.19. The van der Waals surface area contributed by atoms with Crippen LogP contribution in [0.15, 0.2) is 24.4 Å². The Hall–Kier alpha value is -1.86. The quantitative estimate of drug-likeness (QED) is 0.801. The summed E-state index contributed by atoms with van der Waals surface area (Å²) in [6.45, 7) is 1.73. The lowest BCUT2D eigenvalue weighted by atomic mass is 9.99. The number of halogens is 1. The molecule has 2 heterocycles. The van der Waals surface area contributed by atoms with Gasteiger partial charge in [0.25, 0.3) is 0 Å². The lowest BCUT2D eigenvalue weighted by molar-refractivity contribution is 0.485. The Bertz CT molecular complexity index is 641. The van der Waals surface area contributed by atoms with E-state index < -0.39 is 0 Å². The molecule has 1 saturated heterocycles. The van der Waals surface area contributed by atoms with E-state index in [-0.39, 0.29) is 5.92 Å². The van der Waals surface area contributed by atoms with Crippen LogP contribution in [0.25, 0.3) is 11.0 Å². The average Bonchev–Trinajstić information content (AvgIpc) is 2.47. The zero-order valence-corrected chi connectivity index (χ0v) is 11.1. The second kappa shape index (κ2) is 5.02. The van der Waals surface area contributed by atoms with Gasteiger partial charge < -0.3 is 4.90 Å². The highest BCUT2D eigenvalue weighted by molar-refractivity contribution is 6.31. The predicted molar refractivity (Wildman–Crippen MR) is 75.1 cm³/mol. The molecule has 96 valence electrons. The van der Waals surface area contributed by atoms with Crippen LogP contribution in [0.5, 0.6) is 0 Å². The van der Waals surface area contributed by atoms with Crippen molar-refractivity contribution >= 4 is 28.5 Å². The number of aromatic nitrogens is 2. The van der Waals surface area contributed by atoms with Crippen molar-refractivity contribution in [1.82, 2.24) is 9.97 Å². The number of piperidine rings is 1. The van der Waals surface area contributed by atoms with Gasteiger partial charge in [0.15, 0.2) is 0 Å². The van der Waals surface area contributed by atoms with Crippen molar-refractivity contribution in [2.75, 3.05) is 18.0 Å². The van der Waals surface area contributed by atoms with Gasteiger partial charge in [-0.15, -0.1) is 0 Å². The Kier molecular flexibility index (Phi) is 3.22. The fourth-order valence-electron chi connectivity index (χ4n) is 2.36. The molecule has 4 nitrogen and oxygen atoms in total. The number of nitrogens with zero attached hydrogens (tertiary/aromatic N) is 4. The van der Waals surface area contributed by atoms with Gasteiger partial charge in [-0.05, 0) is 31.0 Å². The SMILES string of the molecule is N#CC1CCN(c2cnc3cc(Cl)ccc3n2)CC1.